The number of pyridine rings is 1. The molecule has 0 saturated carbocycles. The standard InChI is InChI=1S/C22H26ClN7O/c1-29-8-10-30(11-9-29)17-6-7-20(24-14-17)27-22-26-15-19(23)21(28-22)25-13-16-4-3-5-18(12-16)31-2/h3-7,12,14-15H,8-11,13H2,1-2H3,(H2,24,25,26,27,28). The van der Waals surface area contributed by atoms with Crippen LogP contribution in [0.4, 0.5) is 23.3 Å². The van der Waals surface area contributed by atoms with Crippen molar-refractivity contribution in [3.8, 4) is 5.75 Å². The number of ether oxygens (including phenoxy) is 1. The molecule has 2 N–H and O–H groups in total. The molecule has 0 atom stereocenters. The van der Waals surface area contributed by atoms with E-state index in [1.165, 1.54) is 0 Å². The Hall–Kier alpha value is -3.10. The van der Waals surface area contributed by atoms with Gasteiger partial charge in [0, 0.05) is 32.7 Å². The van der Waals surface area contributed by atoms with Gasteiger partial charge in [-0.1, -0.05) is 23.7 Å². The van der Waals surface area contributed by atoms with E-state index in [9.17, 15) is 0 Å². The Bertz CT molecular complexity index is 1010. The van der Waals surface area contributed by atoms with Crippen molar-refractivity contribution in [2.75, 3.05) is 55.9 Å². The molecule has 8 nitrogen and oxygen atoms in total. The van der Waals surface area contributed by atoms with Crippen LogP contribution in [-0.4, -0.2) is 60.2 Å². The monoisotopic (exact) mass is 439 g/mol. The van der Waals surface area contributed by atoms with Gasteiger partial charge in [0.2, 0.25) is 5.95 Å². The minimum Gasteiger partial charge on any atom is -0.497 e. The smallest absolute Gasteiger partial charge is 0.230 e. The quantitative estimate of drug-likeness (QED) is 0.577. The van der Waals surface area contributed by atoms with E-state index >= 15 is 0 Å². The second-order valence-corrected chi connectivity index (χ2v) is 7.82. The number of aromatic nitrogens is 3. The topological polar surface area (TPSA) is 78.4 Å². The van der Waals surface area contributed by atoms with Crippen LogP contribution in [0.5, 0.6) is 5.75 Å². The Kier molecular flexibility index (Phi) is 6.69. The number of anilines is 4. The minimum absolute atomic E-state index is 0.428. The maximum Gasteiger partial charge on any atom is 0.230 e. The average Bonchev–Trinajstić information content (AvgIpc) is 2.80. The lowest BCUT2D eigenvalue weighted by Gasteiger charge is -2.33. The van der Waals surface area contributed by atoms with Crippen molar-refractivity contribution in [3.05, 3.63) is 59.4 Å². The van der Waals surface area contributed by atoms with Crippen molar-refractivity contribution < 1.29 is 4.74 Å². The lowest BCUT2D eigenvalue weighted by atomic mass is 10.2. The van der Waals surface area contributed by atoms with E-state index in [-0.39, 0.29) is 0 Å². The maximum absolute atomic E-state index is 6.28. The molecule has 1 saturated heterocycles. The number of benzene rings is 1. The summed E-state index contributed by atoms with van der Waals surface area (Å²) in [5, 5.41) is 6.85. The SMILES string of the molecule is COc1cccc(CNc2nc(Nc3ccc(N4CCN(C)CC4)cn3)ncc2Cl)c1. The molecule has 4 rings (SSSR count). The van der Waals surface area contributed by atoms with Crippen LogP contribution in [0.1, 0.15) is 5.56 Å². The zero-order valence-electron chi connectivity index (χ0n) is 17.7. The fourth-order valence-corrected chi connectivity index (χ4v) is 3.50. The van der Waals surface area contributed by atoms with Gasteiger partial charge in [0.05, 0.1) is 25.2 Å². The van der Waals surface area contributed by atoms with Crippen molar-refractivity contribution in [2.24, 2.45) is 0 Å². The number of likely N-dealkylation sites (N-methyl/N-ethyl adjacent to an activating group) is 1. The summed E-state index contributed by atoms with van der Waals surface area (Å²) in [5.74, 6) is 2.47. The summed E-state index contributed by atoms with van der Waals surface area (Å²) in [4.78, 5) is 18.0. The van der Waals surface area contributed by atoms with Crippen LogP contribution >= 0.6 is 11.6 Å². The summed E-state index contributed by atoms with van der Waals surface area (Å²) < 4.78 is 5.27. The van der Waals surface area contributed by atoms with Gasteiger partial charge in [-0.05, 0) is 36.9 Å². The number of hydrogen-bond acceptors (Lipinski definition) is 8. The van der Waals surface area contributed by atoms with Gasteiger partial charge < -0.3 is 25.2 Å². The van der Waals surface area contributed by atoms with E-state index < -0.39 is 0 Å². The zero-order valence-corrected chi connectivity index (χ0v) is 18.4. The van der Waals surface area contributed by atoms with Crippen molar-refractivity contribution >= 4 is 34.9 Å². The third-order valence-electron chi connectivity index (χ3n) is 5.19. The first-order chi connectivity index (χ1) is 15.1. The molecule has 9 heteroatoms. The molecule has 1 aromatic carbocycles. The summed E-state index contributed by atoms with van der Waals surface area (Å²) in [6, 6.07) is 11.8. The van der Waals surface area contributed by atoms with Gasteiger partial charge in [0.15, 0.2) is 5.82 Å². The number of nitrogens with one attached hydrogen (secondary N) is 2. The highest BCUT2D eigenvalue weighted by atomic mass is 35.5. The fraction of sp³-hybridized carbons (Fsp3) is 0.318. The Labute approximate surface area is 187 Å². The first-order valence-electron chi connectivity index (χ1n) is 10.2. The lowest BCUT2D eigenvalue weighted by Crippen LogP contribution is -2.44. The number of rotatable bonds is 7. The molecule has 3 aromatic rings. The minimum atomic E-state index is 0.428. The van der Waals surface area contributed by atoms with Crippen LogP contribution < -0.4 is 20.3 Å². The van der Waals surface area contributed by atoms with E-state index in [0.717, 1.165) is 43.2 Å². The molecule has 0 radical (unpaired) electrons. The van der Waals surface area contributed by atoms with E-state index in [0.29, 0.717) is 29.2 Å². The number of hydrogen-bond donors (Lipinski definition) is 2. The molecule has 2 aromatic heterocycles. The van der Waals surface area contributed by atoms with Gasteiger partial charge >= 0.3 is 0 Å². The molecule has 162 valence electrons. The average molecular weight is 440 g/mol. The first kappa shape index (κ1) is 21.1. The van der Waals surface area contributed by atoms with Crippen molar-refractivity contribution in [1.29, 1.82) is 0 Å². The summed E-state index contributed by atoms with van der Waals surface area (Å²) >= 11 is 6.28. The van der Waals surface area contributed by atoms with Gasteiger partial charge in [-0.25, -0.2) is 9.97 Å². The summed E-state index contributed by atoms with van der Waals surface area (Å²) in [6.07, 6.45) is 3.45. The molecule has 31 heavy (non-hydrogen) atoms. The summed E-state index contributed by atoms with van der Waals surface area (Å²) in [6.45, 7) is 4.70. The Morgan fingerprint density at radius 3 is 2.65 bits per heavy atom. The van der Waals surface area contributed by atoms with Crippen molar-refractivity contribution in [2.45, 2.75) is 6.54 Å². The molecule has 1 aliphatic rings. The van der Waals surface area contributed by atoms with Crippen LogP contribution in [0.15, 0.2) is 48.8 Å². The van der Waals surface area contributed by atoms with Crippen molar-refractivity contribution in [1.82, 2.24) is 19.9 Å². The van der Waals surface area contributed by atoms with E-state index in [1.807, 2.05) is 36.5 Å². The molecule has 0 aliphatic carbocycles. The highest BCUT2D eigenvalue weighted by molar-refractivity contribution is 6.32. The molecular weight excluding hydrogens is 414 g/mol. The van der Waals surface area contributed by atoms with Crippen LogP contribution in [0.25, 0.3) is 0 Å². The second-order valence-electron chi connectivity index (χ2n) is 7.41. The molecule has 0 unspecified atom stereocenters. The van der Waals surface area contributed by atoms with Crippen LogP contribution in [0.3, 0.4) is 0 Å². The molecule has 1 fully saturated rings. The Balaban J connectivity index is 1.39. The van der Waals surface area contributed by atoms with E-state index in [4.69, 9.17) is 16.3 Å². The second kappa shape index (κ2) is 9.80. The third-order valence-corrected chi connectivity index (χ3v) is 5.47. The molecule has 1 aliphatic heterocycles. The Morgan fingerprint density at radius 1 is 1.06 bits per heavy atom. The van der Waals surface area contributed by atoms with Gasteiger partial charge in [0.25, 0.3) is 0 Å². The van der Waals surface area contributed by atoms with Gasteiger partial charge in [-0.15, -0.1) is 0 Å². The molecule has 0 spiro atoms. The number of piperazine rings is 1. The highest BCUT2D eigenvalue weighted by Crippen LogP contribution is 2.23. The molecular formula is C22H26ClN7O. The summed E-state index contributed by atoms with van der Waals surface area (Å²) in [5.41, 5.74) is 2.18. The lowest BCUT2D eigenvalue weighted by molar-refractivity contribution is 0.313. The van der Waals surface area contributed by atoms with Gasteiger partial charge in [-0.2, -0.15) is 4.98 Å². The van der Waals surface area contributed by atoms with E-state index in [2.05, 4.69) is 48.5 Å². The first-order valence-corrected chi connectivity index (χ1v) is 10.5. The van der Waals surface area contributed by atoms with Gasteiger partial charge in [0.1, 0.15) is 16.6 Å². The molecule has 3 heterocycles. The number of halogens is 1. The van der Waals surface area contributed by atoms with E-state index in [1.54, 1.807) is 13.3 Å². The zero-order chi connectivity index (χ0) is 21.6. The predicted octanol–water partition coefficient (Wildman–Crippen LogP) is 3.64. The maximum atomic E-state index is 6.28. The number of nitrogens with zero attached hydrogens (tertiary/aromatic N) is 5. The molecule has 0 amide bonds. The Morgan fingerprint density at radius 2 is 1.90 bits per heavy atom. The van der Waals surface area contributed by atoms with Crippen molar-refractivity contribution in [3.63, 3.8) is 0 Å². The largest absolute Gasteiger partial charge is 0.497 e. The molecule has 0 bridgehead atoms. The normalized spacial score (nSPS) is 14.4. The predicted molar refractivity (Wildman–Crippen MR) is 125 cm³/mol. The van der Waals surface area contributed by atoms with Crippen LogP contribution in [0.2, 0.25) is 5.02 Å². The number of methoxy groups -OCH3 is 1. The fourth-order valence-electron chi connectivity index (χ4n) is 3.35. The highest BCUT2D eigenvalue weighted by Gasteiger charge is 2.14. The third kappa shape index (κ3) is 5.53. The van der Waals surface area contributed by atoms with Crippen LogP contribution in [-0.2, 0) is 6.54 Å². The van der Waals surface area contributed by atoms with Gasteiger partial charge in [-0.3, -0.25) is 0 Å². The summed E-state index contributed by atoms with van der Waals surface area (Å²) in [7, 11) is 3.80. The van der Waals surface area contributed by atoms with Crippen LogP contribution in [0, 0.1) is 0 Å².